The lowest BCUT2D eigenvalue weighted by molar-refractivity contribution is 0.120. The Labute approximate surface area is 178 Å². The predicted octanol–water partition coefficient (Wildman–Crippen LogP) is 3.59. The largest absolute Gasteiger partial charge is 0.377 e. The van der Waals surface area contributed by atoms with Gasteiger partial charge in [0.25, 0.3) is 0 Å². The van der Waals surface area contributed by atoms with Gasteiger partial charge in [-0.05, 0) is 13.0 Å². The molecule has 0 saturated carbocycles. The third-order valence-corrected chi connectivity index (χ3v) is 4.71. The normalized spacial score (nSPS) is 12.2. The highest BCUT2D eigenvalue weighted by molar-refractivity contribution is 6.32. The number of urea groups is 1. The maximum Gasteiger partial charge on any atom is 0.323 e. The third kappa shape index (κ3) is 3.90. The Morgan fingerprint density at radius 1 is 1.19 bits per heavy atom. The van der Waals surface area contributed by atoms with E-state index in [1.165, 1.54) is 42.8 Å². The molecule has 10 nitrogen and oxygen atoms in total. The molecule has 4 heterocycles. The SMILES string of the molecule is CO[C@@H](C)c1c(NC(=O)Nc2cnc(-n3nccn3)c(Cl)c2)cnn2cc(F)c(F)c12. The highest BCUT2D eigenvalue weighted by Crippen LogP contribution is 2.32. The lowest BCUT2D eigenvalue weighted by Crippen LogP contribution is -2.22. The van der Waals surface area contributed by atoms with E-state index in [2.05, 4.69) is 30.9 Å². The highest BCUT2D eigenvalue weighted by Gasteiger charge is 2.23. The number of hydrogen-bond acceptors (Lipinski definition) is 6. The van der Waals surface area contributed by atoms with E-state index in [0.29, 0.717) is 0 Å². The number of nitrogens with one attached hydrogen (secondary N) is 2. The minimum atomic E-state index is -1.09. The van der Waals surface area contributed by atoms with Crippen molar-refractivity contribution in [1.82, 2.24) is 29.6 Å². The summed E-state index contributed by atoms with van der Waals surface area (Å²) in [5.74, 6) is -1.87. The quantitative estimate of drug-likeness (QED) is 0.482. The Morgan fingerprint density at radius 3 is 2.61 bits per heavy atom. The van der Waals surface area contributed by atoms with Gasteiger partial charge in [-0.15, -0.1) is 4.80 Å². The molecular formula is C18H15ClF2N8O2. The number of carbonyl (C=O) groups is 1. The zero-order valence-corrected chi connectivity index (χ0v) is 16.9. The van der Waals surface area contributed by atoms with E-state index in [1.807, 2.05) is 0 Å². The van der Waals surface area contributed by atoms with Crippen molar-refractivity contribution in [3.05, 3.63) is 59.3 Å². The Bertz CT molecular complexity index is 1260. The van der Waals surface area contributed by atoms with E-state index < -0.39 is 23.8 Å². The summed E-state index contributed by atoms with van der Waals surface area (Å²) in [7, 11) is 1.41. The van der Waals surface area contributed by atoms with Crippen LogP contribution in [0.15, 0.2) is 37.1 Å². The Kier molecular flexibility index (Phi) is 5.48. The van der Waals surface area contributed by atoms with Crippen molar-refractivity contribution in [2.45, 2.75) is 13.0 Å². The first-order valence-corrected chi connectivity index (χ1v) is 9.25. The van der Waals surface area contributed by atoms with E-state index in [-0.39, 0.29) is 33.3 Å². The zero-order valence-electron chi connectivity index (χ0n) is 16.2. The zero-order chi connectivity index (χ0) is 22.1. The molecule has 2 amide bonds. The number of methoxy groups -OCH3 is 1. The summed E-state index contributed by atoms with van der Waals surface area (Å²) < 4.78 is 34.4. The molecule has 4 rings (SSSR count). The van der Waals surface area contributed by atoms with Gasteiger partial charge in [0.15, 0.2) is 17.5 Å². The van der Waals surface area contributed by atoms with Gasteiger partial charge in [0.1, 0.15) is 5.52 Å². The van der Waals surface area contributed by atoms with Crippen LogP contribution in [0.5, 0.6) is 0 Å². The second-order valence-corrected chi connectivity index (χ2v) is 6.77. The Balaban J connectivity index is 1.60. The van der Waals surface area contributed by atoms with Crippen molar-refractivity contribution in [3.63, 3.8) is 0 Å². The first kappa shape index (κ1) is 20.6. The summed E-state index contributed by atoms with van der Waals surface area (Å²) >= 11 is 6.19. The number of hydrogen-bond donors (Lipinski definition) is 2. The molecule has 13 heteroatoms. The van der Waals surface area contributed by atoms with Crippen molar-refractivity contribution in [2.24, 2.45) is 0 Å². The number of ether oxygens (including phenoxy) is 1. The van der Waals surface area contributed by atoms with Crippen molar-refractivity contribution >= 4 is 34.5 Å². The summed E-state index contributed by atoms with van der Waals surface area (Å²) in [6.45, 7) is 1.63. The second-order valence-electron chi connectivity index (χ2n) is 6.36. The molecule has 160 valence electrons. The summed E-state index contributed by atoms with van der Waals surface area (Å²) in [6.07, 6.45) is 5.83. The monoisotopic (exact) mass is 448 g/mol. The molecule has 0 unspecified atom stereocenters. The maximum atomic E-state index is 14.3. The summed E-state index contributed by atoms with van der Waals surface area (Å²) in [5, 5.41) is 17.2. The molecule has 2 N–H and O–H groups in total. The van der Waals surface area contributed by atoms with E-state index in [1.54, 1.807) is 6.92 Å². The van der Waals surface area contributed by atoms with Crippen LogP contribution in [-0.2, 0) is 4.74 Å². The first-order chi connectivity index (χ1) is 14.9. The average molecular weight is 449 g/mol. The molecule has 0 radical (unpaired) electrons. The molecule has 0 fully saturated rings. The summed E-state index contributed by atoms with van der Waals surface area (Å²) in [4.78, 5) is 17.9. The van der Waals surface area contributed by atoms with E-state index in [4.69, 9.17) is 16.3 Å². The average Bonchev–Trinajstić information content (AvgIpc) is 3.36. The van der Waals surface area contributed by atoms with Gasteiger partial charge in [0.05, 0.1) is 53.5 Å². The molecular weight excluding hydrogens is 434 g/mol. The van der Waals surface area contributed by atoms with Crippen molar-refractivity contribution in [2.75, 3.05) is 17.7 Å². The van der Waals surface area contributed by atoms with Crippen LogP contribution < -0.4 is 10.6 Å². The van der Waals surface area contributed by atoms with Crippen LogP contribution in [0.2, 0.25) is 5.02 Å². The lowest BCUT2D eigenvalue weighted by atomic mass is 10.1. The third-order valence-electron chi connectivity index (χ3n) is 4.43. The van der Waals surface area contributed by atoms with Gasteiger partial charge >= 0.3 is 6.03 Å². The number of rotatable bonds is 5. The number of fused-ring (bicyclic) bond motifs is 1. The van der Waals surface area contributed by atoms with E-state index in [9.17, 15) is 13.6 Å². The highest BCUT2D eigenvalue weighted by atomic mass is 35.5. The predicted molar refractivity (Wildman–Crippen MR) is 107 cm³/mol. The Hall–Kier alpha value is -3.64. The van der Waals surface area contributed by atoms with Crippen LogP contribution in [-0.4, -0.2) is 42.7 Å². The number of anilines is 2. The number of carbonyl (C=O) groups excluding carboxylic acids is 1. The molecule has 0 aliphatic rings. The summed E-state index contributed by atoms with van der Waals surface area (Å²) in [6, 6.07) is 0.792. The standard InChI is InChI=1S/C18H15ClF2N8O2/c1-9(31-2)14-13(7-25-28-8-12(20)15(21)16(14)28)27-18(30)26-10-5-11(19)17(22-6-10)29-23-3-4-24-29/h3-9H,1-2H3,(H2,26,27,30)/t9-/m0/s1. The van der Waals surface area contributed by atoms with Gasteiger partial charge in [0.2, 0.25) is 0 Å². The van der Waals surface area contributed by atoms with Crippen LogP contribution in [0.3, 0.4) is 0 Å². The smallest absolute Gasteiger partial charge is 0.323 e. The number of nitrogens with zero attached hydrogens (tertiary/aromatic N) is 6. The summed E-state index contributed by atoms with van der Waals surface area (Å²) in [5.41, 5.74) is 0.525. The lowest BCUT2D eigenvalue weighted by Gasteiger charge is -2.17. The molecule has 0 aliphatic heterocycles. The molecule has 31 heavy (non-hydrogen) atoms. The molecule has 4 aromatic rings. The first-order valence-electron chi connectivity index (χ1n) is 8.87. The van der Waals surface area contributed by atoms with E-state index >= 15 is 0 Å². The minimum Gasteiger partial charge on any atom is -0.377 e. The van der Waals surface area contributed by atoms with Crippen LogP contribution in [0.1, 0.15) is 18.6 Å². The van der Waals surface area contributed by atoms with E-state index in [0.717, 1.165) is 10.7 Å². The van der Waals surface area contributed by atoms with Crippen LogP contribution in [0.4, 0.5) is 25.0 Å². The Morgan fingerprint density at radius 2 is 1.94 bits per heavy atom. The fourth-order valence-electron chi connectivity index (χ4n) is 2.98. The van der Waals surface area contributed by atoms with Crippen LogP contribution in [0, 0.1) is 11.6 Å². The second kappa shape index (κ2) is 8.24. The number of aromatic nitrogens is 6. The topological polar surface area (TPSA) is 111 Å². The van der Waals surface area contributed by atoms with Crippen LogP contribution >= 0.6 is 11.6 Å². The molecule has 1 atom stereocenters. The van der Waals surface area contributed by atoms with Gasteiger partial charge < -0.3 is 15.4 Å². The van der Waals surface area contributed by atoms with Gasteiger partial charge in [-0.25, -0.2) is 23.1 Å². The van der Waals surface area contributed by atoms with Crippen molar-refractivity contribution in [3.8, 4) is 5.82 Å². The molecule has 0 saturated heterocycles. The van der Waals surface area contributed by atoms with Gasteiger partial charge in [0, 0.05) is 12.7 Å². The van der Waals surface area contributed by atoms with Gasteiger partial charge in [-0.3, -0.25) is 0 Å². The maximum absolute atomic E-state index is 14.3. The minimum absolute atomic E-state index is 0.134. The van der Waals surface area contributed by atoms with Gasteiger partial charge in [-0.2, -0.15) is 15.3 Å². The molecule has 0 aromatic carbocycles. The number of pyridine rings is 1. The number of amides is 2. The number of halogens is 3. The fourth-order valence-corrected chi connectivity index (χ4v) is 3.22. The van der Waals surface area contributed by atoms with Crippen molar-refractivity contribution < 1.29 is 18.3 Å². The van der Waals surface area contributed by atoms with Crippen LogP contribution in [0.25, 0.3) is 11.3 Å². The molecule has 0 aliphatic carbocycles. The fraction of sp³-hybridized carbons (Fsp3) is 0.167. The molecule has 0 spiro atoms. The van der Waals surface area contributed by atoms with Gasteiger partial charge in [-0.1, -0.05) is 11.6 Å². The molecule has 4 aromatic heterocycles. The molecule has 0 bridgehead atoms. The van der Waals surface area contributed by atoms with Crippen molar-refractivity contribution in [1.29, 1.82) is 0 Å².